The first kappa shape index (κ1) is 18.2. The first-order valence-electron chi connectivity index (χ1n) is 8.99. The number of carbonyl (C=O) groups is 1. The Morgan fingerprint density at radius 3 is 2.42 bits per heavy atom. The van der Waals surface area contributed by atoms with E-state index in [1.807, 2.05) is 4.57 Å². The van der Waals surface area contributed by atoms with Crippen molar-refractivity contribution in [1.82, 2.24) is 24.0 Å². The lowest BCUT2D eigenvalue weighted by atomic mass is 10.1. The van der Waals surface area contributed by atoms with Crippen LogP contribution in [0.2, 0.25) is 0 Å². The summed E-state index contributed by atoms with van der Waals surface area (Å²) in [5.41, 5.74) is -0.0554. The van der Waals surface area contributed by atoms with E-state index in [2.05, 4.69) is 28.7 Å². The van der Waals surface area contributed by atoms with Gasteiger partial charge in [-0.15, -0.1) is 0 Å². The van der Waals surface area contributed by atoms with Gasteiger partial charge in [0.05, 0.1) is 0 Å². The summed E-state index contributed by atoms with van der Waals surface area (Å²) in [4.78, 5) is 46.8. The second kappa shape index (κ2) is 6.97. The lowest BCUT2D eigenvalue weighted by molar-refractivity contribution is -0.129. The van der Waals surface area contributed by atoms with Gasteiger partial charge in [0, 0.05) is 46.7 Å². The Balaban J connectivity index is 2.06. The zero-order valence-electron chi connectivity index (χ0n) is 15.8. The van der Waals surface area contributed by atoms with Crippen LogP contribution in [0.5, 0.6) is 0 Å². The quantitative estimate of drug-likeness (QED) is 0.834. The number of rotatable bonds is 4. The summed E-state index contributed by atoms with van der Waals surface area (Å²) in [6.07, 6.45) is 0.897. The lowest BCUT2D eigenvalue weighted by Gasteiger charge is -2.35. The van der Waals surface area contributed by atoms with Gasteiger partial charge in [-0.05, 0) is 12.3 Å². The first-order valence-corrected chi connectivity index (χ1v) is 8.99. The van der Waals surface area contributed by atoms with Gasteiger partial charge < -0.3 is 14.4 Å². The minimum absolute atomic E-state index is 0.0665. The molecule has 1 N–H and O–H groups in total. The van der Waals surface area contributed by atoms with Crippen molar-refractivity contribution < 1.29 is 4.79 Å². The number of fused-ring (bicyclic) bond motifs is 1. The molecule has 142 valence electrons. The Kier molecular flexibility index (Phi) is 4.88. The standard InChI is InChI=1S/C17H26N6O3/c1-11(2)5-6-23-13-14(20(4)17(26)19-15(13)25)18-16(23)22-9-7-21(8-10-22)12(3)24/h11H,5-10H2,1-4H3,(H,19,25,26). The van der Waals surface area contributed by atoms with E-state index >= 15 is 0 Å². The van der Waals surface area contributed by atoms with Crippen molar-refractivity contribution in [3.63, 3.8) is 0 Å². The molecule has 9 heteroatoms. The van der Waals surface area contributed by atoms with E-state index < -0.39 is 11.2 Å². The molecule has 26 heavy (non-hydrogen) atoms. The number of hydrogen-bond donors (Lipinski definition) is 1. The summed E-state index contributed by atoms with van der Waals surface area (Å²) < 4.78 is 3.29. The maximum Gasteiger partial charge on any atom is 0.329 e. The Labute approximate surface area is 151 Å². The highest BCUT2D eigenvalue weighted by Crippen LogP contribution is 2.22. The number of aromatic nitrogens is 4. The topological polar surface area (TPSA) is 96.2 Å². The number of aromatic amines is 1. The highest BCUT2D eigenvalue weighted by molar-refractivity contribution is 5.75. The SMILES string of the molecule is CC(=O)N1CCN(c2nc3c(c(=O)[nH]c(=O)n3C)n2CCC(C)C)CC1. The summed E-state index contributed by atoms with van der Waals surface area (Å²) >= 11 is 0. The highest BCUT2D eigenvalue weighted by Gasteiger charge is 2.25. The predicted octanol–water partition coefficient (Wildman–Crippen LogP) is 0.138. The van der Waals surface area contributed by atoms with E-state index in [1.54, 1.807) is 18.9 Å². The predicted molar refractivity (Wildman–Crippen MR) is 99.5 cm³/mol. The van der Waals surface area contributed by atoms with Crippen molar-refractivity contribution in [2.45, 2.75) is 33.7 Å². The van der Waals surface area contributed by atoms with Crippen molar-refractivity contribution in [3.05, 3.63) is 20.8 Å². The summed E-state index contributed by atoms with van der Waals surface area (Å²) in [7, 11) is 1.61. The number of H-pyrrole nitrogens is 1. The molecule has 0 bridgehead atoms. The fourth-order valence-corrected chi connectivity index (χ4v) is 3.28. The zero-order chi connectivity index (χ0) is 19.0. The van der Waals surface area contributed by atoms with Crippen LogP contribution in [0.4, 0.5) is 5.95 Å². The molecule has 0 spiro atoms. The van der Waals surface area contributed by atoms with Crippen molar-refractivity contribution in [2.24, 2.45) is 13.0 Å². The van der Waals surface area contributed by atoms with Crippen molar-refractivity contribution in [3.8, 4) is 0 Å². The number of carbonyl (C=O) groups excluding carboxylic acids is 1. The van der Waals surface area contributed by atoms with E-state index in [9.17, 15) is 14.4 Å². The number of nitrogens with one attached hydrogen (secondary N) is 1. The Bertz CT molecular complexity index is 930. The molecule has 1 fully saturated rings. The van der Waals surface area contributed by atoms with E-state index in [-0.39, 0.29) is 5.91 Å². The number of hydrogen-bond acceptors (Lipinski definition) is 5. The summed E-state index contributed by atoms with van der Waals surface area (Å²) in [5.74, 6) is 1.23. The molecule has 0 atom stereocenters. The molecule has 3 rings (SSSR count). The fourth-order valence-electron chi connectivity index (χ4n) is 3.28. The Morgan fingerprint density at radius 1 is 1.19 bits per heavy atom. The molecular formula is C17H26N6O3. The molecule has 1 saturated heterocycles. The van der Waals surface area contributed by atoms with Crippen LogP contribution < -0.4 is 16.1 Å². The number of nitrogens with zero attached hydrogens (tertiary/aromatic N) is 5. The molecule has 2 aromatic heterocycles. The van der Waals surface area contributed by atoms with E-state index in [0.717, 1.165) is 6.42 Å². The van der Waals surface area contributed by atoms with Crippen LogP contribution in [0, 0.1) is 5.92 Å². The maximum absolute atomic E-state index is 12.5. The molecule has 0 saturated carbocycles. The molecule has 1 amide bonds. The minimum Gasteiger partial charge on any atom is -0.339 e. The third-order valence-electron chi connectivity index (χ3n) is 4.92. The van der Waals surface area contributed by atoms with Gasteiger partial charge in [-0.3, -0.25) is 19.1 Å². The van der Waals surface area contributed by atoms with Gasteiger partial charge >= 0.3 is 5.69 Å². The smallest absolute Gasteiger partial charge is 0.329 e. The second-order valence-corrected chi connectivity index (χ2v) is 7.23. The molecule has 0 aromatic carbocycles. The second-order valence-electron chi connectivity index (χ2n) is 7.23. The first-order chi connectivity index (χ1) is 12.3. The van der Waals surface area contributed by atoms with Gasteiger partial charge in [-0.2, -0.15) is 4.98 Å². The van der Waals surface area contributed by atoms with Gasteiger partial charge in [0.1, 0.15) is 0 Å². The van der Waals surface area contributed by atoms with Crippen LogP contribution in [0.1, 0.15) is 27.2 Å². The van der Waals surface area contributed by atoms with Crippen molar-refractivity contribution in [2.75, 3.05) is 31.1 Å². The van der Waals surface area contributed by atoms with Crippen molar-refractivity contribution in [1.29, 1.82) is 0 Å². The number of imidazole rings is 1. The van der Waals surface area contributed by atoms with E-state index in [4.69, 9.17) is 0 Å². The maximum atomic E-state index is 12.5. The Hall–Kier alpha value is -2.58. The van der Waals surface area contributed by atoms with Gasteiger partial charge in [0.25, 0.3) is 5.56 Å². The average molecular weight is 362 g/mol. The zero-order valence-corrected chi connectivity index (χ0v) is 15.8. The number of aryl methyl sites for hydroxylation is 2. The molecule has 0 radical (unpaired) electrons. The normalized spacial score (nSPS) is 15.3. The summed E-state index contributed by atoms with van der Waals surface area (Å²) in [6.45, 7) is 9.03. The van der Waals surface area contributed by atoms with E-state index in [0.29, 0.717) is 55.8 Å². The number of amides is 1. The molecule has 2 aromatic rings. The highest BCUT2D eigenvalue weighted by atomic mass is 16.2. The van der Waals surface area contributed by atoms with Crippen LogP contribution >= 0.6 is 0 Å². The molecule has 3 heterocycles. The van der Waals surface area contributed by atoms with Gasteiger partial charge in [0.2, 0.25) is 11.9 Å². The number of piperazine rings is 1. The molecule has 9 nitrogen and oxygen atoms in total. The Morgan fingerprint density at radius 2 is 1.85 bits per heavy atom. The minimum atomic E-state index is -0.469. The summed E-state index contributed by atoms with van der Waals surface area (Å²) in [5, 5.41) is 0. The third-order valence-corrected chi connectivity index (χ3v) is 4.92. The van der Waals surface area contributed by atoms with Crippen LogP contribution in [0.25, 0.3) is 11.2 Å². The molecule has 0 unspecified atom stereocenters. The van der Waals surface area contributed by atoms with Crippen LogP contribution in [-0.2, 0) is 18.4 Å². The monoisotopic (exact) mass is 362 g/mol. The van der Waals surface area contributed by atoms with Crippen LogP contribution in [0.3, 0.4) is 0 Å². The molecular weight excluding hydrogens is 336 g/mol. The van der Waals surface area contributed by atoms with Crippen molar-refractivity contribution >= 4 is 23.0 Å². The molecule has 1 aliphatic rings. The molecule has 0 aliphatic carbocycles. The average Bonchev–Trinajstić information content (AvgIpc) is 2.98. The van der Waals surface area contributed by atoms with Gasteiger partial charge in [0.15, 0.2) is 11.2 Å². The molecule has 1 aliphatic heterocycles. The van der Waals surface area contributed by atoms with Crippen LogP contribution in [-0.4, -0.2) is 56.1 Å². The van der Waals surface area contributed by atoms with E-state index in [1.165, 1.54) is 4.57 Å². The number of anilines is 1. The lowest BCUT2D eigenvalue weighted by Crippen LogP contribution is -2.48. The van der Waals surface area contributed by atoms with Gasteiger partial charge in [-0.1, -0.05) is 13.8 Å². The fraction of sp³-hybridized carbons (Fsp3) is 0.647. The third kappa shape index (κ3) is 3.25. The largest absolute Gasteiger partial charge is 0.339 e. The van der Waals surface area contributed by atoms with Gasteiger partial charge in [-0.25, -0.2) is 4.79 Å². The summed E-state index contributed by atoms with van der Waals surface area (Å²) in [6, 6.07) is 0. The van der Waals surface area contributed by atoms with Crippen LogP contribution in [0.15, 0.2) is 9.59 Å².